The first-order chi connectivity index (χ1) is 12.8. The molecule has 1 amide bonds. The zero-order chi connectivity index (χ0) is 19.4. The fourth-order valence-corrected chi connectivity index (χ4v) is 4.16. The Morgan fingerprint density at radius 3 is 2.41 bits per heavy atom. The van der Waals surface area contributed by atoms with Gasteiger partial charge in [-0.25, -0.2) is 13.1 Å². The monoisotopic (exact) mass is 386 g/mol. The van der Waals surface area contributed by atoms with Gasteiger partial charge >= 0.3 is 0 Å². The van der Waals surface area contributed by atoms with Crippen LogP contribution in [0.2, 0.25) is 0 Å². The van der Waals surface area contributed by atoms with Gasteiger partial charge in [-0.1, -0.05) is 18.2 Å². The number of sulfonamides is 1. The highest BCUT2D eigenvalue weighted by Crippen LogP contribution is 2.24. The molecule has 2 N–H and O–H groups in total. The quantitative estimate of drug-likeness (QED) is 0.716. The van der Waals surface area contributed by atoms with Gasteiger partial charge in [-0.15, -0.1) is 0 Å². The van der Waals surface area contributed by atoms with Crippen molar-refractivity contribution in [1.29, 1.82) is 0 Å². The van der Waals surface area contributed by atoms with Crippen LogP contribution in [-0.4, -0.2) is 26.7 Å². The first-order valence-corrected chi connectivity index (χ1v) is 10.4. The first kappa shape index (κ1) is 19.3. The number of hydrogen-bond acceptors (Lipinski definition) is 4. The van der Waals surface area contributed by atoms with Crippen LogP contribution >= 0.6 is 0 Å². The number of fused-ring (bicyclic) bond motifs is 1. The number of aryl methyl sites for hydroxylation is 2. The number of anilines is 1. The van der Waals surface area contributed by atoms with Crippen molar-refractivity contribution in [2.45, 2.75) is 37.5 Å². The lowest BCUT2D eigenvalue weighted by atomic mass is 10.1. The van der Waals surface area contributed by atoms with Crippen LogP contribution in [0.3, 0.4) is 0 Å². The molecule has 0 bridgehead atoms. The van der Waals surface area contributed by atoms with E-state index in [0.29, 0.717) is 5.56 Å². The van der Waals surface area contributed by atoms with Crippen LogP contribution in [0.15, 0.2) is 47.4 Å². The SMILES string of the molecule is CC(=O)c1ccc(S(=O)(=O)NCCC(=O)Nc2ccc3c(c2)CCC3)cc1. The summed E-state index contributed by atoms with van der Waals surface area (Å²) in [6.45, 7) is 1.41. The van der Waals surface area contributed by atoms with E-state index in [1.165, 1.54) is 42.3 Å². The van der Waals surface area contributed by atoms with Crippen molar-refractivity contribution in [2.24, 2.45) is 0 Å². The zero-order valence-electron chi connectivity index (χ0n) is 15.1. The summed E-state index contributed by atoms with van der Waals surface area (Å²) in [5.41, 5.74) is 3.78. The largest absolute Gasteiger partial charge is 0.326 e. The lowest BCUT2D eigenvalue weighted by molar-refractivity contribution is -0.116. The second kappa shape index (κ2) is 8.02. The van der Waals surface area contributed by atoms with Gasteiger partial charge in [0.05, 0.1) is 4.90 Å². The van der Waals surface area contributed by atoms with Crippen LogP contribution < -0.4 is 10.0 Å². The van der Waals surface area contributed by atoms with E-state index < -0.39 is 10.0 Å². The Hall–Kier alpha value is -2.51. The second-order valence-corrected chi connectivity index (χ2v) is 8.38. The average molecular weight is 386 g/mol. The molecule has 2 aromatic rings. The van der Waals surface area contributed by atoms with Gasteiger partial charge in [-0.2, -0.15) is 0 Å². The summed E-state index contributed by atoms with van der Waals surface area (Å²) in [4.78, 5) is 23.4. The summed E-state index contributed by atoms with van der Waals surface area (Å²) in [5, 5.41) is 2.81. The Kier molecular flexibility index (Phi) is 5.72. The number of benzene rings is 2. The minimum Gasteiger partial charge on any atom is -0.326 e. The minimum atomic E-state index is -3.72. The molecular weight excluding hydrogens is 364 g/mol. The predicted octanol–water partition coefficient (Wildman–Crippen LogP) is 2.69. The Labute approximate surface area is 159 Å². The van der Waals surface area contributed by atoms with Gasteiger partial charge in [0.1, 0.15) is 0 Å². The molecular formula is C20H22N2O4S. The van der Waals surface area contributed by atoms with Crippen molar-refractivity contribution in [3.8, 4) is 0 Å². The summed E-state index contributed by atoms with van der Waals surface area (Å²) in [6.07, 6.45) is 3.28. The van der Waals surface area contributed by atoms with E-state index in [9.17, 15) is 18.0 Å². The van der Waals surface area contributed by atoms with E-state index in [-0.39, 0.29) is 29.6 Å². The molecule has 3 rings (SSSR count). The van der Waals surface area contributed by atoms with Crippen LogP contribution in [0.1, 0.15) is 41.3 Å². The molecule has 142 valence electrons. The van der Waals surface area contributed by atoms with Crippen LogP contribution in [0.25, 0.3) is 0 Å². The van der Waals surface area contributed by atoms with Crippen LogP contribution in [-0.2, 0) is 27.7 Å². The lowest BCUT2D eigenvalue weighted by Gasteiger charge is -2.09. The maximum absolute atomic E-state index is 12.3. The number of amides is 1. The Bertz CT molecular complexity index is 966. The lowest BCUT2D eigenvalue weighted by Crippen LogP contribution is -2.27. The van der Waals surface area contributed by atoms with Crippen LogP contribution in [0.4, 0.5) is 5.69 Å². The van der Waals surface area contributed by atoms with Gasteiger partial charge in [0.2, 0.25) is 15.9 Å². The fraction of sp³-hybridized carbons (Fsp3) is 0.300. The normalized spacial score (nSPS) is 13.2. The molecule has 0 aliphatic heterocycles. The fourth-order valence-electron chi connectivity index (χ4n) is 3.12. The van der Waals surface area contributed by atoms with E-state index >= 15 is 0 Å². The van der Waals surface area contributed by atoms with Crippen molar-refractivity contribution < 1.29 is 18.0 Å². The number of rotatable bonds is 7. The number of Topliss-reactive ketones (excluding diaryl/α,β-unsaturated/α-hetero) is 1. The molecule has 6 nitrogen and oxygen atoms in total. The predicted molar refractivity (Wildman–Crippen MR) is 103 cm³/mol. The smallest absolute Gasteiger partial charge is 0.240 e. The van der Waals surface area contributed by atoms with E-state index in [2.05, 4.69) is 10.0 Å². The number of carbonyl (C=O) groups excluding carboxylic acids is 2. The van der Waals surface area contributed by atoms with E-state index in [0.717, 1.165) is 24.9 Å². The van der Waals surface area contributed by atoms with Gasteiger partial charge in [0, 0.05) is 24.2 Å². The Morgan fingerprint density at radius 1 is 1.00 bits per heavy atom. The molecule has 0 fully saturated rings. The summed E-state index contributed by atoms with van der Waals surface area (Å²) in [6, 6.07) is 11.6. The maximum Gasteiger partial charge on any atom is 0.240 e. The van der Waals surface area contributed by atoms with Gasteiger partial charge in [0.15, 0.2) is 5.78 Å². The molecule has 7 heteroatoms. The van der Waals surface area contributed by atoms with Gasteiger partial charge in [-0.05, 0) is 61.6 Å². The van der Waals surface area contributed by atoms with Crippen LogP contribution in [0.5, 0.6) is 0 Å². The number of carbonyl (C=O) groups is 2. The number of hydrogen-bond donors (Lipinski definition) is 2. The average Bonchev–Trinajstić information content (AvgIpc) is 3.09. The standard InChI is InChI=1S/C20H22N2O4S/c1-14(23)15-6-9-19(10-7-15)27(25,26)21-12-11-20(24)22-18-8-5-16-3-2-4-17(16)13-18/h5-10,13,21H,2-4,11-12H2,1H3,(H,22,24). The minimum absolute atomic E-state index is 0.00638. The summed E-state index contributed by atoms with van der Waals surface area (Å²) < 4.78 is 26.9. The van der Waals surface area contributed by atoms with Crippen molar-refractivity contribution >= 4 is 27.4 Å². The molecule has 1 aliphatic carbocycles. The number of nitrogens with one attached hydrogen (secondary N) is 2. The highest BCUT2D eigenvalue weighted by Gasteiger charge is 2.15. The topological polar surface area (TPSA) is 92.3 Å². The third-order valence-corrected chi connectivity index (χ3v) is 6.07. The highest BCUT2D eigenvalue weighted by molar-refractivity contribution is 7.89. The molecule has 0 saturated heterocycles. The summed E-state index contributed by atoms with van der Waals surface area (Å²) in [7, 11) is -3.72. The van der Waals surface area contributed by atoms with Crippen molar-refractivity contribution in [2.75, 3.05) is 11.9 Å². The molecule has 27 heavy (non-hydrogen) atoms. The van der Waals surface area contributed by atoms with Gasteiger partial charge in [0.25, 0.3) is 0 Å². The third-order valence-electron chi connectivity index (χ3n) is 4.60. The summed E-state index contributed by atoms with van der Waals surface area (Å²) >= 11 is 0. The molecule has 1 aliphatic rings. The Balaban J connectivity index is 1.52. The van der Waals surface area contributed by atoms with Crippen LogP contribution in [0, 0.1) is 0 Å². The van der Waals surface area contributed by atoms with Crippen molar-refractivity contribution in [3.05, 3.63) is 59.2 Å². The van der Waals surface area contributed by atoms with Gasteiger partial charge in [-0.3, -0.25) is 9.59 Å². The third kappa shape index (κ3) is 4.81. The van der Waals surface area contributed by atoms with Crippen molar-refractivity contribution in [3.63, 3.8) is 0 Å². The zero-order valence-corrected chi connectivity index (χ0v) is 15.9. The maximum atomic E-state index is 12.3. The highest BCUT2D eigenvalue weighted by atomic mass is 32.2. The Morgan fingerprint density at radius 2 is 1.70 bits per heavy atom. The molecule has 0 heterocycles. The first-order valence-electron chi connectivity index (χ1n) is 8.87. The van der Waals surface area contributed by atoms with E-state index in [1.54, 1.807) is 0 Å². The van der Waals surface area contributed by atoms with Crippen molar-refractivity contribution in [1.82, 2.24) is 4.72 Å². The molecule has 0 radical (unpaired) electrons. The number of ketones is 1. The molecule has 2 aromatic carbocycles. The molecule has 0 unspecified atom stereocenters. The molecule has 0 spiro atoms. The van der Waals surface area contributed by atoms with E-state index in [4.69, 9.17) is 0 Å². The van der Waals surface area contributed by atoms with E-state index in [1.807, 2.05) is 18.2 Å². The second-order valence-electron chi connectivity index (χ2n) is 6.61. The summed E-state index contributed by atoms with van der Waals surface area (Å²) in [5.74, 6) is -0.377. The molecule has 0 saturated carbocycles. The molecule has 0 atom stereocenters. The molecule has 0 aromatic heterocycles. The van der Waals surface area contributed by atoms with Gasteiger partial charge < -0.3 is 5.32 Å².